The van der Waals surface area contributed by atoms with Crippen LogP contribution in [0.3, 0.4) is 0 Å². The van der Waals surface area contributed by atoms with Gasteiger partial charge in [0.15, 0.2) is 5.11 Å². The van der Waals surface area contributed by atoms with E-state index in [9.17, 15) is 19.7 Å². The zero-order valence-electron chi connectivity index (χ0n) is 20.0. The highest BCUT2D eigenvalue weighted by molar-refractivity contribution is 7.80. The highest BCUT2D eigenvalue weighted by Gasteiger charge is 2.23. The molecule has 5 rings (SSSR count). The van der Waals surface area contributed by atoms with Crippen molar-refractivity contribution in [1.82, 2.24) is 5.32 Å². The summed E-state index contributed by atoms with van der Waals surface area (Å²) in [5, 5.41) is 17.7. The van der Waals surface area contributed by atoms with Crippen molar-refractivity contribution in [1.29, 1.82) is 0 Å². The summed E-state index contributed by atoms with van der Waals surface area (Å²) in [6.07, 6.45) is 0. The number of amides is 1. The van der Waals surface area contributed by atoms with Crippen LogP contribution in [0.15, 0.2) is 82.0 Å². The number of hydrogen-bond donors (Lipinski definition) is 2. The van der Waals surface area contributed by atoms with Gasteiger partial charge in [-0.1, -0.05) is 30.3 Å². The summed E-state index contributed by atoms with van der Waals surface area (Å²) in [7, 11) is 0. The van der Waals surface area contributed by atoms with Gasteiger partial charge in [0.2, 0.25) is 0 Å². The molecule has 10 nitrogen and oxygen atoms in total. The molecule has 11 heteroatoms. The average Bonchev–Trinajstić information content (AvgIpc) is 2.92. The first kappa shape index (κ1) is 25.1. The Bertz CT molecular complexity index is 1610. The molecule has 0 unspecified atom stereocenters. The number of morpholine rings is 1. The van der Waals surface area contributed by atoms with Gasteiger partial charge in [-0.25, -0.2) is 4.79 Å². The Hall–Kier alpha value is -4.61. The van der Waals surface area contributed by atoms with E-state index in [2.05, 4.69) is 10.6 Å². The number of fused-ring (bicyclic) bond motifs is 1. The van der Waals surface area contributed by atoms with Crippen molar-refractivity contribution in [3.63, 3.8) is 0 Å². The molecule has 1 amide bonds. The fourth-order valence-electron chi connectivity index (χ4n) is 4.26. The molecule has 0 radical (unpaired) electrons. The lowest BCUT2D eigenvalue weighted by atomic mass is 10.1. The standard InChI is InChI=1S/C27H22N4O6S/c32-25(22-16-20(31(34)35)8-9-23(22)30-10-12-36-13-11-30)29-27(38)28-19-6-3-5-17(14-19)21-15-18-4-1-2-7-24(18)37-26(21)33/h1-9,14-16H,10-13H2,(H2,28,29,32,38). The number of para-hydroxylation sites is 1. The number of nitro benzene ring substituents is 1. The van der Waals surface area contributed by atoms with E-state index < -0.39 is 16.5 Å². The molecule has 192 valence electrons. The Morgan fingerprint density at radius 3 is 2.58 bits per heavy atom. The largest absolute Gasteiger partial charge is 0.422 e. The van der Waals surface area contributed by atoms with Crippen molar-refractivity contribution in [3.05, 3.63) is 98.9 Å². The third-order valence-corrected chi connectivity index (χ3v) is 6.29. The Kier molecular flexibility index (Phi) is 7.11. The van der Waals surface area contributed by atoms with Gasteiger partial charge < -0.3 is 19.4 Å². The molecule has 1 fully saturated rings. The first-order chi connectivity index (χ1) is 18.4. The number of carbonyl (C=O) groups excluding carboxylic acids is 1. The fraction of sp³-hybridized carbons (Fsp3) is 0.148. The van der Waals surface area contributed by atoms with Crippen LogP contribution in [0.5, 0.6) is 0 Å². The molecule has 0 saturated carbocycles. The first-order valence-corrected chi connectivity index (χ1v) is 12.2. The molecule has 1 aliphatic heterocycles. The van der Waals surface area contributed by atoms with Gasteiger partial charge in [-0.2, -0.15) is 0 Å². The van der Waals surface area contributed by atoms with Crippen LogP contribution in [0.4, 0.5) is 17.1 Å². The number of non-ortho nitro benzene ring substituents is 1. The minimum atomic E-state index is -0.584. The minimum absolute atomic E-state index is 0.00266. The number of anilines is 2. The number of benzene rings is 3. The number of carbonyl (C=O) groups is 1. The fourth-order valence-corrected chi connectivity index (χ4v) is 4.47. The number of nitrogens with one attached hydrogen (secondary N) is 2. The zero-order valence-corrected chi connectivity index (χ0v) is 20.8. The second-order valence-electron chi connectivity index (χ2n) is 8.53. The van der Waals surface area contributed by atoms with E-state index in [1.54, 1.807) is 48.5 Å². The summed E-state index contributed by atoms with van der Waals surface area (Å²) in [6, 6.07) is 20.1. The molecule has 0 spiro atoms. The first-order valence-electron chi connectivity index (χ1n) is 11.8. The van der Waals surface area contributed by atoms with Crippen LogP contribution in [-0.2, 0) is 4.74 Å². The van der Waals surface area contributed by atoms with Crippen molar-refractivity contribution in [2.75, 3.05) is 36.5 Å². The number of rotatable bonds is 5. The Labute approximate surface area is 222 Å². The Morgan fingerprint density at radius 1 is 1.00 bits per heavy atom. The monoisotopic (exact) mass is 530 g/mol. The van der Waals surface area contributed by atoms with Gasteiger partial charge >= 0.3 is 5.63 Å². The Morgan fingerprint density at radius 2 is 1.79 bits per heavy atom. The van der Waals surface area contributed by atoms with Crippen LogP contribution in [0.2, 0.25) is 0 Å². The van der Waals surface area contributed by atoms with Crippen LogP contribution in [-0.4, -0.2) is 42.2 Å². The van der Waals surface area contributed by atoms with Gasteiger partial charge in [-0.3, -0.25) is 20.2 Å². The van der Waals surface area contributed by atoms with Crippen molar-refractivity contribution in [2.45, 2.75) is 0 Å². The molecule has 2 heterocycles. The predicted molar refractivity (Wildman–Crippen MR) is 148 cm³/mol. The summed E-state index contributed by atoms with van der Waals surface area (Å²) in [5.74, 6) is -0.584. The van der Waals surface area contributed by atoms with Gasteiger partial charge in [0.1, 0.15) is 5.58 Å². The molecule has 1 saturated heterocycles. The zero-order chi connectivity index (χ0) is 26.6. The van der Waals surface area contributed by atoms with Crippen LogP contribution >= 0.6 is 12.2 Å². The molecule has 2 N–H and O–H groups in total. The van der Waals surface area contributed by atoms with Crippen LogP contribution in [0.1, 0.15) is 10.4 Å². The molecular formula is C27H22N4O6S. The van der Waals surface area contributed by atoms with Crippen LogP contribution in [0, 0.1) is 10.1 Å². The van der Waals surface area contributed by atoms with Crippen molar-refractivity contribution < 1.29 is 18.9 Å². The molecule has 0 bridgehead atoms. The van der Waals surface area contributed by atoms with E-state index in [0.29, 0.717) is 54.4 Å². The smallest absolute Gasteiger partial charge is 0.344 e. The van der Waals surface area contributed by atoms with E-state index in [4.69, 9.17) is 21.4 Å². The summed E-state index contributed by atoms with van der Waals surface area (Å²) < 4.78 is 10.8. The van der Waals surface area contributed by atoms with E-state index in [1.807, 2.05) is 17.0 Å². The van der Waals surface area contributed by atoms with Gasteiger partial charge in [0.05, 0.1) is 35.0 Å². The minimum Gasteiger partial charge on any atom is -0.422 e. The highest BCUT2D eigenvalue weighted by atomic mass is 32.1. The highest BCUT2D eigenvalue weighted by Crippen LogP contribution is 2.27. The third kappa shape index (κ3) is 5.38. The average molecular weight is 531 g/mol. The van der Waals surface area contributed by atoms with E-state index in [1.165, 1.54) is 12.1 Å². The van der Waals surface area contributed by atoms with Gasteiger partial charge in [0, 0.05) is 36.3 Å². The van der Waals surface area contributed by atoms with Gasteiger partial charge in [0.25, 0.3) is 11.6 Å². The van der Waals surface area contributed by atoms with Gasteiger partial charge in [-0.15, -0.1) is 0 Å². The van der Waals surface area contributed by atoms with E-state index in [0.717, 1.165) is 5.39 Å². The molecule has 1 aliphatic rings. The Balaban J connectivity index is 1.36. The van der Waals surface area contributed by atoms with Crippen molar-refractivity contribution in [3.8, 4) is 11.1 Å². The second-order valence-corrected chi connectivity index (χ2v) is 8.94. The number of ether oxygens (including phenoxy) is 1. The summed E-state index contributed by atoms with van der Waals surface area (Å²) in [5.41, 5.74) is 2.04. The van der Waals surface area contributed by atoms with E-state index >= 15 is 0 Å². The number of nitro groups is 1. The lowest BCUT2D eigenvalue weighted by Crippen LogP contribution is -2.39. The molecule has 38 heavy (non-hydrogen) atoms. The maximum Gasteiger partial charge on any atom is 0.344 e. The lowest BCUT2D eigenvalue weighted by Gasteiger charge is -2.30. The van der Waals surface area contributed by atoms with Crippen LogP contribution in [0.25, 0.3) is 22.1 Å². The number of hydrogen-bond acceptors (Lipinski definition) is 8. The second kappa shape index (κ2) is 10.8. The molecular weight excluding hydrogens is 508 g/mol. The summed E-state index contributed by atoms with van der Waals surface area (Å²) >= 11 is 5.35. The van der Waals surface area contributed by atoms with Crippen LogP contribution < -0.4 is 21.2 Å². The van der Waals surface area contributed by atoms with Crippen molar-refractivity contribution in [2.24, 2.45) is 0 Å². The predicted octanol–water partition coefficient (Wildman–Crippen LogP) is 4.33. The molecule has 4 aromatic rings. The summed E-state index contributed by atoms with van der Waals surface area (Å²) in [6.45, 7) is 2.08. The normalized spacial score (nSPS) is 13.2. The maximum absolute atomic E-state index is 13.2. The molecule has 3 aromatic carbocycles. The SMILES string of the molecule is O=C(NC(=S)Nc1cccc(-c2cc3ccccc3oc2=O)c1)c1cc([N+](=O)[O-])ccc1N1CCOCC1. The molecule has 0 atom stereocenters. The quantitative estimate of drug-likeness (QED) is 0.168. The maximum atomic E-state index is 13.2. The lowest BCUT2D eigenvalue weighted by molar-refractivity contribution is -0.384. The van der Waals surface area contributed by atoms with Gasteiger partial charge in [-0.05, 0) is 48.1 Å². The third-order valence-electron chi connectivity index (χ3n) is 6.09. The summed E-state index contributed by atoms with van der Waals surface area (Å²) in [4.78, 5) is 38.5. The topological polar surface area (TPSA) is 127 Å². The van der Waals surface area contributed by atoms with E-state index in [-0.39, 0.29) is 16.4 Å². The number of nitrogens with zero attached hydrogens (tertiary/aromatic N) is 2. The number of thiocarbonyl (C=S) groups is 1. The molecule has 0 aliphatic carbocycles. The van der Waals surface area contributed by atoms with Crippen molar-refractivity contribution >= 4 is 51.3 Å². The molecule has 1 aromatic heterocycles.